The van der Waals surface area contributed by atoms with Crippen molar-refractivity contribution in [3.05, 3.63) is 64.5 Å². The summed E-state index contributed by atoms with van der Waals surface area (Å²) in [7, 11) is 0. The van der Waals surface area contributed by atoms with E-state index in [4.69, 9.17) is 4.42 Å². The lowest BCUT2D eigenvalue weighted by Gasteiger charge is -2.08. The molecule has 8 heteroatoms. The number of fused-ring (bicyclic) bond motifs is 1. The van der Waals surface area contributed by atoms with Gasteiger partial charge in [0.15, 0.2) is 0 Å². The van der Waals surface area contributed by atoms with Crippen LogP contribution in [0.4, 0.5) is 5.69 Å². The molecule has 0 saturated heterocycles. The molecule has 0 saturated carbocycles. The molecule has 0 spiro atoms. The molecule has 4 aromatic rings. The highest BCUT2D eigenvalue weighted by Crippen LogP contribution is 2.23. The monoisotopic (exact) mass is 424 g/mol. The van der Waals surface area contributed by atoms with Gasteiger partial charge in [-0.05, 0) is 37.6 Å². The van der Waals surface area contributed by atoms with Gasteiger partial charge in [-0.15, -0.1) is 21.5 Å². The van der Waals surface area contributed by atoms with E-state index in [1.807, 2.05) is 50.2 Å². The molecule has 4 rings (SSSR count). The zero-order chi connectivity index (χ0) is 20.2. The molecule has 0 radical (unpaired) electrons. The normalized spacial score (nSPS) is 11.1. The van der Waals surface area contributed by atoms with E-state index in [-0.39, 0.29) is 11.7 Å². The van der Waals surface area contributed by atoms with Crippen LogP contribution in [-0.4, -0.2) is 26.8 Å². The summed E-state index contributed by atoms with van der Waals surface area (Å²) in [6.45, 7) is 4.00. The second kappa shape index (κ2) is 8.75. The van der Waals surface area contributed by atoms with Gasteiger partial charge < -0.3 is 9.73 Å². The topological polar surface area (TPSA) is 80.9 Å². The fourth-order valence-electron chi connectivity index (χ4n) is 2.91. The largest absolute Gasteiger partial charge is 0.416 e. The van der Waals surface area contributed by atoms with E-state index in [1.54, 1.807) is 11.3 Å². The Morgan fingerprint density at radius 1 is 1.14 bits per heavy atom. The molecule has 148 valence electrons. The first-order valence-corrected chi connectivity index (χ1v) is 11.0. The van der Waals surface area contributed by atoms with Gasteiger partial charge in [0.2, 0.25) is 11.8 Å². The zero-order valence-electron chi connectivity index (χ0n) is 16.1. The number of carbonyl (C=O) groups excluding carboxylic acids is 1. The van der Waals surface area contributed by atoms with Gasteiger partial charge in [0.25, 0.3) is 5.22 Å². The van der Waals surface area contributed by atoms with Crippen molar-refractivity contribution in [3.8, 4) is 0 Å². The van der Waals surface area contributed by atoms with Crippen molar-refractivity contribution in [2.75, 3.05) is 11.1 Å². The molecule has 0 aliphatic heterocycles. The Balaban J connectivity index is 1.28. The van der Waals surface area contributed by atoms with Crippen LogP contribution in [0, 0.1) is 13.8 Å². The fraction of sp³-hybridized carbons (Fsp3) is 0.238. The van der Waals surface area contributed by atoms with Crippen LogP contribution in [0.15, 0.2) is 52.1 Å². The zero-order valence-corrected chi connectivity index (χ0v) is 17.8. The lowest BCUT2D eigenvalue weighted by Crippen LogP contribution is -2.14. The van der Waals surface area contributed by atoms with E-state index in [1.165, 1.54) is 22.0 Å². The molecule has 1 N–H and O–H groups in total. The Labute approximate surface area is 176 Å². The van der Waals surface area contributed by atoms with Gasteiger partial charge in [0.05, 0.1) is 21.0 Å². The second-order valence-electron chi connectivity index (χ2n) is 6.69. The number of nitrogens with zero attached hydrogens (tertiary/aromatic N) is 3. The van der Waals surface area contributed by atoms with Crippen LogP contribution < -0.4 is 5.32 Å². The Morgan fingerprint density at radius 2 is 2.00 bits per heavy atom. The summed E-state index contributed by atoms with van der Waals surface area (Å²) in [5.41, 5.74) is 4.05. The number of thioether (sulfide) groups is 1. The fourth-order valence-corrected chi connectivity index (χ4v) is 4.45. The number of rotatable bonds is 7. The van der Waals surface area contributed by atoms with Gasteiger partial charge in [0, 0.05) is 18.5 Å². The standard InChI is InChI=1S/C21H20N4O2S2/c1-13-7-8-15(14(2)11-13)22-18(26)12-28-21-25-24-19(27-21)9-10-20-23-16-5-3-4-6-17(16)29-20/h3-8,11H,9-10,12H2,1-2H3,(H,22,26). The SMILES string of the molecule is Cc1ccc(NC(=O)CSc2nnc(CCc3nc4ccccc4s3)o2)c(C)c1. The Bertz CT molecular complexity index is 1120. The summed E-state index contributed by atoms with van der Waals surface area (Å²) in [4.78, 5) is 16.8. The Morgan fingerprint density at radius 3 is 2.83 bits per heavy atom. The Kier molecular flexibility index (Phi) is 5.92. The number of amides is 1. The molecule has 0 aliphatic rings. The van der Waals surface area contributed by atoms with Gasteiger partial charge in [0.1, 0.15) is 0 Å². The van der Waals surface area contributed by atoms with E-state index in [0.717, 1.165) is 28.2 Å². The number of aryl methyl sites for hydroxylation is 4. The highest BCUT2D eigenvalue weighted by atomic mass is 32.2. The van der Waals surface area contributed by atoms with E-state index in [0.29, 0.717) is 17.5 Å². The highest BCUT2D eigenvalue weighted by Gasteiger charge is 2.12. The summed E-state index contributed by atoms with van der Waals surface area (Å²) in [6.07, 6.45) is 1.38. The number of anilines is 1. The third-order valence-corrected chi connectivity index (χ3v) is 6.24. The third-order valence-electron chi connectivity index (χ3n) is 4.32. The molecule has 1 amide bonds. The predicted octanol–water partition coefficient (Wildman–Crippen LogP) is 4.81. The molecule has 29 heavy (non-hydrogen) atoms. The van der Waals surface area contributed by atoms with Crippen LogP contribution in [0.3, 0.4) is 0 Å². The van der Waals surface area contributed by atoms with Crippen LogP contribution in [-0.2, 0) is 17.6 Å². The summed E-state index contributed by atoms with van der Waals surface area (Å²) >= 11 is 2.92. The van der Waals surface area contributed by atoms with Crippen molar-refractivity contribution in [2.24, 2.45) is 0 Å². The summed E-state index contributed by atoms with van der Waals surface area (Å²) in [6, 6.07) is 14.0. The average Bonchev–Trinajstić information content (AvgIpc) is 3.33. The lowest BCUT2D eigenvalue weighted by molar-refractivity contribution is -0.113. The highest BCUT2D eigenvalue weighted by molar-refractivity contribution is 7.99. The average molecular weight is 425 g/mol. The predicted molar refractivity (Wildman–Crippen MR) is 117 cm³/mol. The van der Waals surface area contributed by atoms with E-state index in [2.05, 4.69) is 26.6 Å². The summed E-state index contributed by atoms with van der Waals surface area (Å²) in [5.74, 6) is 0.671. The number of nitrogens with one attached hydrogen (secondary N) is 1. The minimum absolute atomic E-state index is 0.101. The number of para-hydroxylation sites is 1. The number of hydrogen-bond acceptors (Lipinski definition) is 7. The maximum atomic E-state index is 12.2. The van der Waals surface area contributed by atoms with Crippen LogP contribution >= 0.6 is 23.1 Å². The first-order chi connectivity index (χ1) is 14.1. The Hall–Kier alpha value is -2.71. The van der Waals surface area contributed by atoms with Crippen molar-refractivity contribution in [1.82, 2.24) is 15.2 Å². The molecular formula is C21H20N4O2S2. The van der Waals surface area contributed by atoms with Crippen LogP contribution in [0.2, 0.25) is 0 Å². The molecular weight excluding hydrogens is 404 g/mol. The molecule has 0 aliphatic carbocycles. The van der Waals surface area contributed by atoms with Crippen LogP contribution in [0.25, 0.3) is 10.2 Å². The van der Waals surface area contributed by atoms with Crippen molar-refractivity contribution < 1.29 is 9.21 Å². The van der Waals surface area contributed by atoms with Crippen molar-refractivity contribution in [2.45, 2.75) is 31.9 Å². The number of thiazole rings is 1. The van der Waals surface area contributed by atoms with Crippen LogP contribution in [0.5, 0.6) is 0 Å². The van der Waals surface area contributed by atoms with Gasteiger partial charge in [-0.1, -0.05) is 41.6 Å². The number of aromatic nitrogens is 3. The first kappa shape index (κ1) is 19.6. The quantitative estimate of drug-likeness (QED) is 0.429. The lowest BCUT2D eigenvalue weighted by atomic mass is 10.1. The number of carbonyl (C=O) groups is 1. The van der Waals surface area contributed by atoms with Gasteiger partial charge in [-0.25, -0.2) is 4.98 Å². The third kappa shape index (κ3) is 5.02. The molecule has 2 aromatic carbocycles. The summed E-state index contributed by atoms with van der Waals surface area (Å²) in [5, 5.41) is 12.5. The van der Waals surface area contributed by atoms with E-state index < -0.39 is 0 Å². The molecule has 0 atom stereocenters. The van der Waals surface area contributed by atoms with Crippen molar-refractivity contribution in [1.29, 1.82) is 0 Å². The maximum Gasteiger partial charge on any atom is 0.277 e. The van der Waals surface area contributed by atoms with E-state index in [9.17, 15) is 4.79 Å². The van der Waals surface area contributed by atoms with Crippen LogP contribution in [0.1, 0.15) is 22.0 Å². The van der Waals surface area contributed by atoms with E-state index >= 15 is 0 Å². The number of benzene rings is 2. The second-order valence-corrected chi connectivity index (χ2v) is 8.73. The smallest absolute Gasteiger partial charge is 0.277 e. The van der Waals surface area contributed by atoms with Crippen molar-refractivity contribution in [3.63, 3.8) is 0 Å². The minimum atomic E-state index is -0.101. The molecule has 0 bridgehead atoms. The first-order valence-electron chi connectivity index (χ1n) is 9.23. The van der Waals surface area contributed by atoms with Gasteiger partial charge in [-0.2, -0.15) is 0 Å². The summed E-state index contributed by atoms with van der Waals surface area (Å²) < 4.78 is 6.84. The number of hydrogen-bond donors (Lipinski definition) is 1. The molecule has 0 fully saturated rings. The molecule has 6 nitrogen and oxygen atoms in total. The van der Waals surface area contributed by atoms with Gasteiger partial charge >= 0.3 is 0 Å². The molecule has 2 heterocycles. The molecule has 0 unspecified atom stereocenters. The maximum absolute atomic E-state index is 12.2. The van der Waals surface area contributed by atoms with Crippen molar-refractivity contribution >= 4 is 44.9 Å². The minimum Gasteiger partial charge on any atom is -0.416 e. The molecule has 2 aromatic heterocycles. The van der Waals surface area contributed by atoms with Gasteiger partial charge in [-0.3, -0.25) is 4.79 Å².